The summed E-state index contributed by atoms with van der Waals surface area (Å²) in [5.74, 6) is -0.232. The van der Waals surface area contributed by atoms with E-state index >= 15 is 0 Å². The number of imide groups is 1. The van der Waals surface area contributed by atoms with Crippen LogP contribution in [0.2, 0.25) is 0 Å². The van der Waals surface area contributed by atoms with E-state index in [0.717, 1.165) is 53.3 Å². The number of ether oxygens (including phenoxy) is 1. The number of rotatable bonds is 2. The molecule has 6 rings (SSSR count). The van der Waals surface area contributed by atoms with Gasteiger partial charge in [-0.1, -0.05) is 24.3 Å². The van der Waals surface area contributed by atoms with Gasteiger partial charge in [0, 0.05) is 11.6 Å². The van der Waals surface area contributed by atoms with Gasteiger partial charge in [0.25, 0.3) is 0 Å². The molecule has 0 N–H and O–H groups in total. The van der Waals surface area contributed by atoms with Crippen molar-refractivity contribution >= 4 is 22.9 Å². The van der Waals surface area contributed by atoms with E-state index < -0.39 is 6.09 Å². The van der Waals surface area contributed by atoms with Crippen LogP contribution in [-0.2, 0) is 9.53 Å². The van der Waals surface area contributed by atoms with Crippen LogP contribution in [0.5, 0.6) is 0 Å². The lowest BCUT2D eigenvalue weighted by Gasteiger charge is -2.40. The molecule has 6 heteroatoms. The van der Waals surface area contributed by atoms with Gasteiger partial charge in [0.2, 0.25) is 5.91 Å². The molecular weight excluding hydrogens is 407 g/mol. The first-order chi connectivity index (χ1) is 15.6. The Labute approximate surface area is 185 Å². The van der Waals surface area contributed by atoms with Gasteiger partial charge < -0.3 is 4.74 Å². The maximum absolute atomic E-state index is 13.9. The summed E-state index contributed by atoms with van der Waals surface area (Å²) in [4.78, 5) is 31.4. The van der Waals surface area contributed by atoms with Crippen LogP contribution < -0.4 is 0 Å². The Hall–Kier alpha value is -3.28. The van der Waals surface area contributed by atoms with E-state index in [4.69, 9.17) is 4.74 Å². The van der Waals surface area contributed by atoms with Crippen LogP contribution >= 0.6 is 0 Å². The largest absolute Gasteiger partial charge is 0.446 e. The first kappa shape index (κ1) is 19.4. The molecule has 3 heterocycles. The van der Waals surface area contributed by atoms with Gasteiger partial charge in [-0.25, -0.2) is 14.1 Å². The number of pyridine rings is 1. The average Bonchev–Trinajstić information content (AvgIpc) is 3.21. The first-order valence-corrected chi connectivity index (χ1v) is 11.2. The number of hydrogen-bond donors (Lipinski definition) is 0. The highest BCUT2D eigenvalue weighted by molar-refractivity contribution is 5.99. The molecule has 0 spiro atoms. The summed E-state index contributed by atoms with van der Waals surface area (Å²) >= 11 is 0. The van der Waals surface area contributed by atoms with Gasteiger partial charge in [-0.05, 0) is 78.5 Å². The molecular formula is C26H23FN2O3. The second kappa shape index (κ2) is 7.40. The molecule has 2 atom stereocenters. The zero-order chi connectivity index (χ0) is 21.8. The fraction of sp³-hybridized carbons (Fsp3) is 0.346. The third-order valence-corrected chi connectivity index (χ3v) is 7.49. The summed E-state index contributed by atoms with van der Waals surface area (Å²) in [6.45, 7) is 0.229. The van der Waals surface area contributed by atoms with E-state index in [1.165, 1.54) is 11.0 Å². The fourth-order valence-corrected chi connectivity index (χ4v) is 5.99. The van der Waals surface area contributed by atoms with E-state index in [1.807, 2.05) is 30.3 Å². The molecule has 0 unspecified atom stereocenters. The summed E-state index contributed by atoms with van der Waals surface area (Å²) in [7, 11) is 0. The summed E-state index contributed by atoms with van der Waals surface area (Å²) < 4.78 is 19.1. The highest BCUT2D eigenvalue weighted by Crippen LogP contribution is 2.49. The smallest absolute Gasteiger partial charge is 0.417 e. The molecule has 3 aromatic rings. The van der Waals surface area contributed by atoms with Gasteiger partial charge >= 0.3 is 6.09 Å². The SMILES string of the molecule is O=C1OC[C@H]2c3ccccc3[C@H](C3CCC(c4ccnc5ccc(F)cc45)CC3)C(=O)N12. The molecule has 2 aliphatic heterocycles. The summed E-state index contributed by atoms with van der Waals surface area (Å²) in [5.41, 5.74) is 4.00. The van der Waals surface area contributed by atoms with E-state index in [9.17, 15) is 14.0 Å². The van der Waals surface area contributed by atoms with Crippen molar-refractivity contribution in [3.63, 3.8) is 0 Å². The van der Waals surface area contributed by atoms with Gasteiger partial charge in [0.15, 0.2) is 0 Å². The third kappa shape index (κ3) is 2.93. The Morgan fingerprint density at radius 3 is 2.53 bits per heavy atom. The number of nitrogens with zero attached hydrogens (tertiary/aromatic N) is 2. The minimum absolute atomic E-state index is 0.129. The predicted octanol–water partition coefficient (Wildman–Crippen LogP) is 5.47. The van der Waals surface area contributed by atoms with Crippen LogP contribution in [0.15, 0.2) is 54.7 Å². The maximum Gasteiger partial charge on any atom is 0.417 e. The van der Waals surface area contributed by atoms with E-state index in [0.29, 0.717) is 5.92 Å². The molecule has 162 valence electrons. The Kier molecular flexibility index (Phi) is 4.49. The maximum atomic E-state index is 13.9. The molecule has 32 heavy (non-hydrogen) atoms. The van der Waals surface area contributed by atoms with Crippen LogP contribution in [0, 0.1) is 11.7 Å². The number of fused-ring (bicyclic) bond motifs is 4. The van der Waals surface area contributed by atoms with Crippen molar-refractivity contribution in [2.24, 2.45) is 5.92 Å². The molecule has 1 aliphatic carbocycles. The number of amides is 2. The molecule has 2 amide bonds. The van der Waals surface area contributed by atoms with Crippen molar-refractivity contribution in [1.82, 2.24) is 9.88 Å². The standard InChI is InChI=1S/C26H23FN2O3/c27-17-9-10-22-21(13-17)18(11-12-28-22)15-5-7-16(8-6-15)24-20-4-2-1-3-19(20)23-14-32-26(31)29(23)25(24)30/h1-4,9-13,15-16,23-24H,5-8,14H2/t15?,16?,23-,24-/m0/s1. The highest BCUT2D eigenvalue weighted by Gasteiger charge is 2.49. The van der Waals surface area contributed by atoms with Crippen LogP contribution in [-0.4, -0.2) is 28.5 Å². The number of benzene rings is 2. The zero-order valence-corrected chi connectivity index (χ0v) is 17.5. The van der Waals surface area contributed by atoms with Crippen molar-refractivity contribution < 1.29 is 18.7 Å². The number of hydrogen-bond acceptors (Lipinski definition) is 4. The van der Waals surface area contributed by atoms with E-state index in [-0.39, 0.29) is 36.2 Å². The van der Waals surface area contributed by atoms with E-state index in [1.54, 1.807) is 18.3 Å². The van der Waals surface area contributed by atoms with Crippen LogP contribution in [0.1, 0.15) is 60.3 Å². The molecule has 2 fully saturated rings. The Morgan fingerprint density at radius 2 is 1.72 bits per heavy atom. The lowest BCUT2D eigenvalue weighted by atomic mass is 9.69. The molecule has 5 nitrogen and oxygen atoms in total. The summed E-state index contributed by atoms with van der Waals surface area (Å²) in [6, 6.07) is 14.4. The molecule has 1 saturated heterocycles. The van der Waals surface area contributed by atoms with Crippen LogP contribution in [0.4, 0.5) is 9.18 Å². The predicted molar refractivity (Wildman–Crippen MR) is 117 cm³/mol. The molecule has 0 bridgehead atoms. The molecule has 0 radical (unpaired) electrons. The van der Waals surface area contributed by atoms with Gasteiger partial charge in [0.1, 0.15) is 18.5 Å². The number of carbonyl (C=O) groups is 2. The second-order valence-corrected chi connectivity index (χ2v) is 9.08. The molecule has 3 aliphatic rings. The Balaban J connectivity index is 1.29. The second-order valence-electron chi connectivity index (χ2n) is 9.08. The average molecular weight is 430 g/mol. The normalized spacial score (nSPS) is 27.2. The minimum atomic E-state index is -0.529. The molecule has 2 aromatic carbocycles. The topological polar surface area (TPSA) is 59.5 Å². The number of halogens is 1. The van der Waals surface area contributed by atoms with E-state index in [2.05, 4.69) is 4.98 Å². The first-order valence-electron chi connectivity index (χ1n) is 11.2. The summed E-state index contributed by atoms with van der Waals surface area (Å²) in [6.07, 6.45) is 4.85. The Morgan fingerprint density at radius 1 is 0.938 bits per heavy atom. The van der Waals surface area contributed by atoms with Crippen molar-refractivity contribution in [1.29, 1.82) is 0 Å². The monoisotopic (exact) mass is 430 g/mol. The van der Waals surface area contributed by atoms with Crippen molar-refractivity contribution in [2.75, 3.05) is 6.61 Å². The lowest BCUT2D eigenvalue weighted by molar-refractivity contribution is -0.133. The molecule has 1 aromatic heterocycles. The number of cyclic esters (lactones) is 1. The highest BCUT2D eigenvalue weighted by atomic mass is 19.1. The Bertz CT molecular complexity index is 1230. The molecule has 1 saturated carbocycles. The van der Waals surface area contributed by atoms with Gasteiger partial charge in [-0.3, -0.25) is 9.78 Å². The fourth-order valence-electron chi connectivity index (χ4n) is 5.99. The van der Waals surface area contributed by atoms with Crippen molar-refractivity contribution in [3.8, 4) is 0 Å². The number of carbonyl (C=O) groups excluding carboxylic acids is 2. The quantitative estimate of drug-likeness (QED) is 0.541. The van der Waals surface area contributed by atoms with Crippen LogP contribution in [0.25, 0.3) is 10.9 Å². The van der Waals surface area contributed by atoms with Crippen LogP contribution in [0.3, 0.4) is 0 Å². The minimum Gasteiger partial charge on any atom is -0.446 e. The van der Waals surface area contributed by atoms with Gasteiger partial charge in [0.05, 0.1) is 11.4 Å². The zero-order valence-electron chi connectivity index (χ0n) is 17.5. The summed E-state index contributed by atoms with van der Waals surface area (Å²) in [5, 5.41) is 0.873. The lowest BCUT2D eigenvalue weighted by Crippen LogP contribution is -2.44. The number of aromatic nitrogens is 1. The van der Waals surface area contributed by atoms with Crippen molar-refractivity contribution in [2.45, 2.75) is 43.6 Å². The van der Waals surface area contributed by atoms with Crippen molar-refractivity contribution in [3.05, 3.63) is 77.2 Å². The van der Waals surface area contributed by atoms with Gasteiger partial charge in [-0.2, -0.15) is 0 Å². The van der Waals surface area contributed by atoms with Gasteiger partial charge in [-0.15, -0.1) is 0 Å². The third-order valence-electron chi connectivity index (χ3n) is 7.49.